The number of carbonyl (C=O) groups excluding carboxylic acids is 2. The molecule has 1 aromatic heterocycles. The lowest BCUT2D eigenvalue weighted by Crippen LogP contribution is -2.47. The molecule has 2 N–H and O–H groups in total. The summed E-state index contributed by atoms with van der Waals surface area (Å²) in [4.78, 5) is 29.9. The number of thioether (sulfide) groups is 1. The molecular weight excluding hydrogens is 398 g/mol. The highest BCUT2D eigenvalue weighted by atomic mass is 32.2. The molecule has 0 bridgehead atoms. The number of hydrogen-bond acceptors (Lipinski definition) is 5. The molecule has 7 heteroatoms. The van der Waals surface area contributed by atoms with Crippen LogP contribution in [0.2, 0.25) is 0 Å². The topological polar surface area (TPSA) is 80.3 Å². The minimum atomic E-state index is -0.635. The minimum absolute atomic E-state index is 0.221. The van der Waals surface area contributed by atoms with Gasteiger partial charge in [-0.05, 0) is 48.3 Å². The van der Waals surface area contributed by atoms with Crippen LogP contribution in [0.4, 0.5) is 0 Å². The third-order valence-corrected chi connectivity index (χ3v) is 5.31. The molecule has 0 radical (unpaired) electrons. The van der Waals surface area contributed by atoms with Crippen molar-refractivity contribution in [2.75, 3.05) is 19.1 Å². The highest BCUT2D eigenvalue weighted by Gasteiger charge is 2.21. The van der Waals surface area contributed by atoms with E-state index < -0.39 is 6.04 Å². The Morgan fingerprint density at radius 1 is 1.10 bits per heavy atom. The lowest BCUT2D eigenvalue weighted by molar-refractivity contribution is -0.123. The van der Waals surface area contributed by atoms with E-state index in [0.717, 1.165) is 28.0 Å². The summed E-state index contributed by atoms with van der Waals surface area (Å²) >= 11 is 1.63. The first-order chi connectivity index (χ1) is 14.6. The molecule has 2 amide bonds. The molecule has 30 heavy (non-hydrogen) atoms. The lowest BCUT2D eigenvalue weighted by atomic mass is 10.1. The van der Waals surface area contributed by atoms with E-state index in [2.05, 4.69) is 15.6 Å². The number of amides is 2. The maximum Gasteiger partial charge on any atom is 0.270 e. The normalized spacial score (nSPS) is 11.7. The molecule has 1 atom stereocenters. The first-order valence-electron chi connectivity index (χ1n) is 9.67. The number of carbonyl (C=O) groups is 2. The summed E-state index contributed by atoms with van der Waals surface area (Å²) in [5, 5.41) is 6.71. The average molecular weight is 424 g/mol. The Hall–Kier alpha value is -3.06. The van der Waals surface area contributed by atoms with Crippen molar-refractivity contribution >= 4 is 34.5 Å². The van der Waals surface area contributed by atoms with Gasteiger partial charge >= 0.3 is 0 Å². The van der Waals surface area contributed by atoms with Gasteiger partial charge in [0.25, 0.3) is 5.91 Å². The van der Waals surface area contributed by atoms with Crippen LogP contribution in [0.5, 0.6) is 5.75 Å². The summed E-state index contributed by atoms with van der Waals surface area (Å²) in [5.74, 6) is 0.906. The molecule has 0 spiro atoms. The average Bonchev–Trinajstić information content (AvgIpc) is 2.79. The van der Waals surface area contributed by atoms with Gasteiger partial charge in [0.05, 0.1) is 12.6 Å². The van der Waals surface area contributed by atoms with Crippen molar-refractivity contribution < 1.29 is 14.3 Å². The zero-order valence-corrected chi connectivity index (χ0v) is 17.9. The molecule has 0 aliphatic carbocycles. The van der Waals surface area contributed by atoms with Gasteiger partial charge in [0.1, 0.15) is 17.5 Å². The monoisotopic (exact) mass is 423 g/mol. The van der Waals surface area contributed by atoms with Crippen LogP contribution in [0.1, 0.15) is 22.5 Å². The molecular formula is C23H25N3O3S. The molecule has 0 fully saturated rings. The van der Waals surface area contributed by atoms with Gasteiger partial charge in [-0.3, -0.25) is 9.59 Å². The number of ether oxygens (including phenoxy) is 1. The smallest absolute Gasteiger partial charge is 0.270 e. The summed E-state index contributed by atoms with van der Waals surface area (Å²) in [5.41, 5.74) is 1.96. The van der Waals surface area contributed by atoms with Crippen molar-refractivity contribution in [3.63, 3.8) is 0 Å². The van der Waals surface area contributed by atoms with Gasteiger partial charge in [-0.25, -0.2) is 4.98 Å². The van der Waals surface area contributed by atoms with Crippen LogP contribution in [0.15, 0.2) is 60.7 Å². The van der Waals surface area contributed by atoms with Crippen LogP contribution in [0.25, 0.3) is 10.9 Å². The fraction of sp³-hybridized carbons (Fsp3) is 0.261. The Balaban J connectivity index is 1.67. The molecule has 6 nitrogen and oxygen atoms in total. The zero-order valence-electron chi connectivity index (χ0n) is 17.1. The molecule has 2 aromatic carbocycles. The number of hydrogen-bond donors (Lipinski definition) is 2. The van der Waals surface area contributed by atoms with Gasteiger partial charge in [-0.2, -0.15) is 11.8 Å². The fourth-order valence-corrected chi connectivity index (χ4v) is 3.50. The molecule has 3 aromatic rings. The molecule has 0 saturated heterocycles. The first-order valence-corrected chi connectivity index (χ1v) is 11.1. The number of nitrogens with one attached hydrogen (secondary N) is 2. The number of fused-ring (bicyclic) bond motifs is 1. The van der Waals surface area contributed by atoms with Gasteiger partial charge in [0.2, 0.25) is 5.91 Å². The maximum absolute atomic E-state index is 12.8. The van der Waals surface area contributed by atoms with E-state index in [-0.39, 0.29) is 11.8 Å². The second-order valence-electron chi connectivity index (χ2n) is 6.77. The van der Waals surface area contributed by atoms with Crippen molar-refractivity contribution in [1.82, 2.24) is 15.6 Å². The minimum Gasteiger partial charge on any atom is -0.497 e. The Morgan fingerprint density at radius 2 is 1.93 bits per heavy atom. The Morgan fingerprint density at radius 3 is 2.73 bits per heavy atom. The summed E-state index contributed by atoms with van der Waals surface area (Å²) < 4.78 is 5.21. The Labute approximate surface area is 180 Å². The van der Waals surface area contributed by atoms with Gasteiger partial charge in [0.15, 0.2) is 0 Å². The number of para-hydroxylation sites is 1. The van der Waals surface area contributed by atoms with E-state index in [1.807, 2.05) is 60.9 Å². The summed E-state index contributed by atoms with van der Waals surface area (Å²) in [6, 6.07) is 18.0. The second-order valence-corrected chi connectivity index (χ2v) is 7.75. The SMILES string of the molecule is COc1cccc(CNC(=O)C(CCSC)NC(=O)c2ccc3ccccc3n2)c1. The summed E-state index contributed by atoms with van der Waals surface area (Å²) in [7, 11) is 1.60. The van der Waals surface area contributed by atoms with Crippen molar-refractivity contribution in [2.45, 2.75) is 19.0 Å². The molecule has 0 aliphatic heterocycles. The van der Waals surface area contributed by atoms with E-state index in [0.29, 0.717) is 18.7 Å². The summed E-state index contributed by atoms with van der Waals surface area (Å²) in [6.07, 6.45) is 2.50. The number of benzene rings is 2. The molecule has 0 saturated carbocycles. The van der Waals surface area contributed by atoms with Crippen LogP contribution in [0, 0.1) is 0 Å². The van der Waals surface area contributed by atoms with Crippen molar-refractivity contribution in [1.29, 1.82) is 0 Å². The third-order valence-electron chi connectivity index (χ3n) is 4.66. The molecule has 156 valence electrons. The van der Waals surface area contributed by atoms with Gasteiger partial charge in [-0.15, -0.1) is 0 Å². The first kappa shape index (κ1) is 21.6. The number of methoxy groups -OCH3 is 1. The highest BCUT2D eigenvalue weighted by molar-refractivity contribution is 7.98. The Bertz CT molecular complexity index is 1030. The van der Waals surface area contributed by atoms with Gasteiger partial charge in [0, 0.05) is 11.9 Å². The van der Waals surface area contributed by atoms with Crippen molar-refractivity contribution in [3.8, 4) is 5.75 Å². The third kappa shape index (κ3) is 5.73. The van der Waals surface area contributed by atoms with Crippen LogP contribution >= 0.6 is 11.8 Å². The van der Waals surface area contributed by atoms with Crippen molar-refractivity contribution in [2.24, 2.45) is 0 Å². The standard InChI is InChI=1S/C23H25N3O3S/c1-29-18-8-5-6-16(14-18)15-24-22(27)21(12-13-30-2)26-23(28)20-11-10-17-7-3-4-9-19(17)25-20/h3-11,14,21H,12-13,15H2,1-2H3,(H,24,27)(H,26,28). The number of aromatic nitrogens is 1. The van der Waals surface area contributed by atoms with Gasteiger partial charge < -0.3 is 15.4 Å². The second kappa shape index (κ2) is 10.6. The van der Waals surface area contributed by atoms with E-state index in [4.69, 9.17) is 4.74 Å². The van der Waals surface area contributed by atoms with E-state index in [1.165, 1.54) is 0 Å². The molecule has 1 unspecified atom stereocenters. The molecule has 3 rings (SSSR count). The van der Waals surface area contributed by atoms with Gasteiger partial charge in [-0.1, -0.05) is 36.4 Å². The van der Waals surface area contributed by atoms with Crippen LogP contribution in [0.3, 0.4) is 0 Å². The predicted molar refractivity (Wildman–Crippen MR) is 121 cm³/mol. The largest absolute Gasteiger partial charge is 0.497 e. The predicted octanol–water partition coefficient (Wildman–Crippen LogP) is 3.41. The van der Waals surface area contributed by atoms with Crippen LogP contribution < -0.4 is 15.4 Å². The fourth-order valence-electron chi connectivity index (χ4n) is 3.02. The zero-order chi connectivity index (χ0) is 21.3. The van der Waals surface area contributed by atoms with E-state index in [9.17, 15) is 9.59 Å². The quantitative estimate of drug-likeness (QED) is 0.551. The summed E-state index contributed by atoms with van der Waals surface area (Å²) in [6.45, 7) is 0.357. The lowest BCUT2D eigenvalue weighted by Gasteiger charge is -2.18. The number of nitrogens with zero attached hydrogens (tertiary/aromatic N) is 1. The molecule has 1 heterocycles. The van der Waals surface area contributed by atoms with Crippen molar-refractivity contribution in [3.05, 3.63) is 71.9 Å². The number of rotatable bonds is 9. The Kier molecular flexibility index (Phi) is 7.68. The molecule has 0 aliphatic rings. The van der Waals surface area contributed by atoms with E-state index in [1.54, 1.807) is 24.9 Å². The highest BCUT2D eigenvalue weighted by Crippen LogP contribution is 2.13. The van der Waals surface area contributed by atoms with Crippen LogP contribution in [-0.2, 0) is 11.3 Å². The maximum atomic E-state index is 12.8. The number of pyridine rings is 1. The van der Waals surface area contributed by atoms with Crippen LogP contribution in [-0.4, -0.2) is 42.0 Å². The van der Waals surface area contributed by atoms with E-state index >= 15 is 0 Å².